The molecule has 160 valence electrons. The maximum Gasteiger partial charge on any atom is 0.337 e. The van der Waals surface area contributed by atoms with E-state index >= 15 is 0 Å². The molecule has 0 saturated carbocycles. The van der Waals surface area contributed by atoms with Crippen molar-refractivity contribution in [2.75, 3.05) is 25.2 Å². The molecule has 0 aliphatic heterocycles. The number of carbonyl (C=O) groups is 1. The summed E-state index contributed by atoms with van der Waals surface area (Å²) in [6, 6.07) is 13.2. The van der Waals surface area contributed by atoms with E-state index in [2.05, 4.69) is 53.3 Å². The lowest BCUT2D eigenvalue weighted by Crippen LogP contribution is -2.16. The molecule has 0 saturated heterocycles. The molecule has 0 fully saturated rings. The number of esters is 1. The van der Waals surface area contributed by atoms with E-state index in [-0.39, 0.29) is 0 Å². The summed E-state index contributed by atoms with van der Waals surface area (Å²) in [6.45, 7) is 11.8. The van der Waals surface area contributed by atoms with Gasteiger partial charge in [0.05, 0.1) is 24.9 Å². The van der Waals surface area contributed by atoms with Crippen molar-refractivity contribution in [3.8, 4) is 23.3 Å². The van der Waals surface area contributed by atoms with Crippen molar-refractivity contribution in [1.29, 1.82) is 0 Å². The highest BCUT2D eigenvalue weighted by Crippen LogP contribution is 2.17. The Kier molecular flexibility index (Phi) is 8.60. The van der Waals surface area contributed by atoms with Crippen LogP contribution in [0.5, 0.6) is 0 Å². The summed E-state index contributed by atoms with van der Waals surface area (Å²) < 4.78 is 4.89. The van der Waals surface area contributed by atoms with Gasteiger partial charge in [0.1, 0.15) is 8.07 Å². The predicted octanol–water partition coefficient (Wildman–Crippen LogP) is 5.32. The van der Waals surface area contributed by atoms with Crippen molar-refractivity contribution in [3.63, 3.8) is 0 Å². The van der Waals surface area contributed by atoms with Crippen molar-refractivity contribution < 1.29 is 9.53 Å². The SMILES string of the molecule is CCN=NN(CC)c1cccc(C#Cc2cc(C#C[Si](C)(C)C)cc(C(=O)OC)c2)c1. The van der Waals surface area contributed by atoms with Crippen LogP contribution in [-0.2, 0) is 4.74 Å². The minimum atomic E-state index is -1.55. The average molecular weight is 432 g/mol. The van der Waals surface area contributed by atoms with E-state index in [9.17, 15) is 4.79 Å². The Morgan fingerprint density at radius 2 is 1.68 bits per heavy atom. The monoisotopic (exact) mass is 431 g/mol. The number of ether oxygens (including phenoxy) is 1. The maximum atomic E-state index is 12.1. The standard InChI is InChI=1S/C25H29N3O2Si/c1-7-26-27-28(8-2)24-11-9-10-20(19-24)12-13-21-16-22(14-15-31(4,5)6)18-23(17-21)25(29)30-3/h9-11,16-19H,7-8H2,1-6H3. The minimum absolute atomic E-state index is 0.401. The lowest BCUT2D eigenvalue weighted by molar-refractivity contribution is 0.0600. The molecule has 0 bridgehead atoms. The molecule has 0 atom stereocenters. The number of nitrogens with zero attached hydrogens (tertiary/aromatic N) is 3. The number of anilines is 1. The van der Waals surface area contributed by atoms with Gasteiger partial charge in [-0.15, -0.1) is 5.54 Å². The molecule has 2 aromatic carbocycles. The molecule has 0 aromatic heterocycles. The van der Waals surface area contributed by atoms with Crippen molar-refractivity contribution in [1.82, 2.24) is 0 Å². The first kappa shape index (κ1) is 23.9. The number of benzene rings is 2. The van der Waals surface area contributed by atoms with E-state index in [1.165, 1.54) is 7.11 Å². The fraction of sp³-hybridized carbons (Fsp3) is 0.320. The third-order valence-corrected chi connectivity index (χ3v) is 4.92. The molecule has 0 aliphatic carbocycles. The molecule has 6 heteroatoms. The summed E-state index contributed by atoms with van der Waals surface area (Å²) in [7, 11) is -0.177. The Balaban J connectivity index is 2.43. The summed E-state index contributed by atoms with van der Waals surface area (Å²) in [5.41, 5.74) is 7.03. The third-order valence-electron chi connectivity index (χ3n) is 4.04. The van der Waals surface area contributed by atoms with E-state index in [1.807, 2.05) is 49.2 Å². The zero-order chi connectivity index (χ0) is 22.9. The van der Waals surface area contributed by atoms with Gasteiger partial charge in [-0.1, -0.05) is 48.7 Å². The first-order valence-corrected chi connectivity index (χ1v) is 13.8. The number of methoxy groups -OCH3 is 1. The van der Waals surface area contributed by atoms with Crippen molar-refractivity contribution in [2.45, 2.75) is 33.5 Å². The lowest BCUT2D eigenvalue weighted by atomic mass is 10.1. The Labute approximate surface area is 186 Å². The summed E-state index contributed by atoms with van der Waals surface area (Å²) in [5.74, 6) is 9.14. The highest BCUT2D eigenvalue weighted by molar-refractivity contribution is 6.83. The van der Waals surface area contributed by atoms with Crippen molar-refractivity contribution >= 4 is 19.7 Å². The van der Waals surface area contributed by atoms with Crippen LogP contribution in [0.1, 0.15) is 40.9 Å². The van der Waals surface area contributed by atoms with Crippen molar-refractivity contribution in [2.24, 2.45) is 10.3 Å². The quantitative estimate of drug-likeness (QED) is 0.212. The van der Waals surface area contributed by atoms with Gasteiger partial charge in [-0.05, 0) is 50.2 Å². The van der Waals surface area contributed by atoms with Crippen LogP contribution in [0.4, 0.5) is 5.69 Å². The van der Waals surface area contributed by atoms with Gasteiger partial charge < -0.3 is 4.74 Å². The summed E-state index contributed by atoms with van der Waals surface area (Å²) in [6.07, 6.45) is 0. The molecule has 0 amide bonds. The molecule has 0 spiro atoms. The second-order valence-electron chi connectivity index (χ2n) is 7.85. The van der Waals surface area contributed by atoms with Gasteiger partial charge in [0.25, 0.3) is 0 Å². The minimum Gasteiger partial charge on any atom is -0.465 e. The van der Waals surface area contributed by atoms with Crippen LogP contribution in [0.2, 0.25) is 19.6 Å². The van der Waals surface area contributed by atoms with Gasteiger partial charge in [-0.25, -0.2) is 9.80 Å². The van der Waals surface area contributed by atoms with Crippen molar-refractivity contribution in [3.05, 3.63) is 64.7 Å². The Morgan fingerprint density at radius 1 is 1.00 bits per heavy atom. The molecule has 2 rings (SSSR count). The lowest BCUT2D eigenvalue weighted by Gasteiger charge is -2.15. The van der Waals surface area contributed by atoms with Gasteiger partial charge in [0.15, 0.2) is 0 Å². The summed E-state index contributed by atoms with van der Waals surface area (Å²) in [5, 5.41) is 10.1. The fourth-order valence-corrected chi connectivity index (χ4v) is 3.11. The molecule has 0 aliphatic rings. The van der Waals surface area contributed by atoms with Crippen LogP contribution in [-0.4, -0.2) is 34.2 Å². The second-order valence-corrected chi connectivity index (χ2v) is 12.6. The van der Waals surface area contributed by atoms with Crippen LogP contribution in [0.15, 0.2) is 52.8 Å². The molecule has 0 unspecified atom stereocenters. The molecule has 0 radical (unpaired) electrons. The van der Waals surface area contributed by atoms with Gasteiger partial charge >= 0.3 is 5.97 Å². The van der Waals surface area contributed by atoms with E-state index in [1.54, 1.807) is 12.1 Å². The summed E-state index contributed by atoms with van der Waals surface area (Å²) in [4.78, 5) is 12.1. The van der Waals surface area contributed by atoms with Crippen LogP contribution in [0.25, 0.3) is 0 Å². The van der Waals surface area contributed by atoms with Gasteiger partial charge in [0, 0.05) is 23.2 Å². The highest BCUT2D eigenvalue weighted by atomic mass is 28.3. The zero-order valence-electron chi connectivity index (χ0n) is 19.1. The van der Waals surface area contributed by atoms with Crippen LogP contribution in [0.3, 0.4) is 0 Å². The zero-order valence-corrected chi connectivity index (χ0v) is 20.1. The molecule has 31 heavy (non-hydrogen) atoms. The number of carbonyl (C=O) groups excluding carboxylic acids is 1. The van der Waals surface area contributed by atoms with E-state index < -0.39 is 14.0 Å². The molecule has 2 aromatic rings. The largest absolute Gasteiger partial charge is 0.465 e. The summed E-state index contributed by atoms with van der Waals surface area (Å²) >= 11 is 0. The normalized spacial score (nSPS) is 10.6. The first-order valence-electron chi connectivity index (χ1n) is 10.3. The van der Waals surface area contributed by atoms with E-state index in [0.717, 1.165) is 16.8 Å². The van der Waals surface area contributed by atoms with Gasteiger partial charge in [0.2, 0.25) is 0 Å². The fourth-order valence-electron chi connectivity index (χ4n) is 2.59. The number of rotatable bonds is 5. The Bertz CT molecular complexity index is 1080. The van der Waals surface area contributed by atoms with Gasteiger partial charge in [-0.3, -0.25) is 0 Å². The smallest absolute Gasteiger partial charge is 0.337 e. The number of hydrogen-bond acceptors (Lipinski definition) is 4. The van der Waals surface area contributed by atoms with Crippen LogP contribution >= 0.6 is 0 Å². The predicted molar refractivity (Wildman–Crippen MR) is 129 cm³/mol. The molecular weight excluding hydrogens is 402 g/mol. The van der Waals surface area contributed by atoms with Crippen LogP contribution < -0.4 is 5.01 Å². The average Bonchev–Trinajstić information content (AvgIpc) is 2.76. The highest BCUT2D eigenvalue weighted by Gasteiger charge is 2.10. The Hall–Kier alpha value is -3.35. The third kappa shape index (κ3) is 7.77. The number of hydrogen-bond donors (Lipinski definition) is 0. The Morgan fingerprint density at radius 3 is 2.29 bits per heavy atom. The van der Waals surface area contributed by atoms with E-state index in [4.69, 9.17) is 4.74 Å². The molecule has 0 heterocycles. The first-order chi connectivity index (χ1) is 14.8. The second kappa shape index (κ2) is 11.2. The van der Waals surface area contributed by atoms with Gasteiger partial charge in [-0.2, -0.15) is 5.11 Å². The topological polar surface area (TPSA) is 54.3 Å². The van der Waals surface area contributed by atoms with Crippen LogP contribution in [0, 0.1) is 23.3 Å². The maximum absolute atomic E-state index is 12.1. The molecule has 0 N–H and O–H groups in total. The molecular formula is C25H29N3O2Si. The molecule has 5 nitrogen and oxygen atoms in total. The van der Waals surface area contributed by atoms with E-state index in [0.29, 0.717) is 24.2 Å².